The number of hydrogen-bond donors (Lipinski definition) is 1. The molecule has 0 aromatic heterocycles. The molecule has 1 atom stereocenters. The van der Waals surface area contributed by atoms with Crippen molar-refractivity contribution < 1.29 is 19.0 Å². The molecule has 0 saturated heterocycles. The van der Waals surface area contributed by atoms with Gasteiger partial charge in [-0.1, -0.05) is 12.1 Å². The third-order valence-corrected chi connectivity index (χ3v) is 2.69. The van der Waals surface area contributed by atoms with Gasteiger partial charge in [0.05, 0.1) is 6.61 Å². The summed E-state index contributed by atoms with van der Waals surface area (Å²) in [7, 11) is 0. The van der Waals surface area contributed by atoms with Gasteiger partial charge in [0, 0.05) is 13.0 Å². The van der Waals surface area contributed by atoms with E-state index in [1.54, 1.807) is 12.1 Å². The lowest BCUT2D eigenvalue weighted by Crippen LogP contribution is -2.29. The van der Waals surface area contributed by atoms with E-state index in [9.17, 15) is 9.18 Å². The lowest BCUT2D eigenvalue weighted by atomic mass is 10.1. The number of rotatable bonds is 6. The van der Waals surface area contributed by atoms with Crippen LogP contribution in [0.25, 0.3) is 0 Å². The number of carboxylic acids is 1. The zero-order valence-corrected chi connectivity index (χ0v) is 10.2. The molecular weight excluding hydrogens is 247 g/mol. The van der Waals surface area contributed by atoms with Crippen LogP contribution in [-0.4, -0.2) is 22.6 Å². The molecule has 0 aliphatic rings. The van der Waals surface area contributed by atoms with Crippen LogP contribution in [0.2, 0.25) is 0 Å². The molecule has 1 aromatic carbocycles. The minimum atomic E-state index is -1.30. The molecule has 17 heavy (non-hydrogen) atoms. The van der Waals surface area contributed by atoms with E-state index in [1.807, 2.05) is 0 Å². The molecule has 0 spiro atoms. The molecule has 1 aromatic rings. The van der Waals surface area contributed by atoms with Crippen molar-refractivity contribution in [1.29, 1.82) is 0 Å². The first-order valence-corrected chi connectivity index (χ1v) is 5.54. The summed E-state index contributed by atoms with van der Waals surface area (Å²) in [5.41, 5.74) is 0.831. The Morgan fingerprint density at radius 3 is 2.59 bits per heavy atom. The standard InChI is InChI=1S/C12H14ClFO3/c1-12(13,11(15)16)6-7-17-8-9-2-4-10(14)5-3-9/h2-5H,6-8H2,1H3,(H,15,16). The van der Waals surface area contributed by atoms with Crippen molar-refractivity contribution in [2.75, 3.05) is 6.61 Å². The quantitative estimate of drug-likeness (QED) is 0.632. The molecule has 94 valence electrons. The van der Waals surface area contributed by atoms with E-state index in [-0.39, 0.29) is 18.8 Å². The number of hydrogen-bond acceptors (Lipinski definition) is 2. The van der Waals surface area contributed by atoms with Crippen LogP contribution < -0.4 is 0 Å². The Kier molecular flexibility index (Phi) is 4.90. The van der Waals surface area contributed by atoms with Crippen LogP contribution >= 0.6 is 11.6 Å². The minimum absolute atomic E-state index is 0.213. The molecule has 0 bridgehead atoms. The first-order valence-electron chi connectivity index (χ1n) is 5.16. The van der Waals surface area contributed by atoms with Gasteiger partial charge in [0.2, 0.25) is 0 Å². The van der Waals surface area contributed by atoms with Crippen LogP contribution in [0.15, 0.2) is 24.3 Å². The first kappa shape index (κ1) is 13.9. The second kappa shape index (κ2) is 5.98. The monoisotopic (exact) mass is 260 g/mol. The van der Waals surface area contributed by atoms with Gasteiger partial charge >= 0.3 is 5.97 Å². The van der Waals surface area contributed by atoms with E-state index in [0.29, 0.717) is 6.61 Å². The Bertz CT molecular complexity index is 376. The van der Waals surface area contributed by atoms with Gasteiger partial charge in [-0.2, -0.15) is 0 Å². The zero-order valence-electron chi connectivity index (χ0n) is 9.45. The van der Waals surface area contributed by atoms with Crippen molar-refractivity contribution in [3.8, 4) is 0 Å². The van der Waals surface area contributed by atoms with Crippen molar-refractivity contribution in [2.45, 2.75) is 24.8 Å². The van der Waals surface area contributed by atoms with E-state index in [0.717, 1.165) is 5.56 Å². The normalized spacial score (nSPS) is 14.3. The van der Waals surface area contributed by atoms with Gasteiger partial charge < -0.3 is 9.84 Å². The topological polar surface area (TPSA) is 46.5 Å². The molecule has 0 heterocycles. The second-order valence-electron chi connectivity index (χ2n) is 3.93. The molecule has 3 nitrogen and oxygen atoms in total. The SMILES string of the molecule is CC(Cl)(CCOCc1ccc(F)cc1)C(=O)O. The number of aliphatic carboxylic acids is 1. The smallest absolute Gasteiger partial charge is 0.324 e. The molecule has 0 aliphatic carbocycles. The average molecular weight is 261 g/mol. The number of carbonyl (C=O) groups is 1. The summed E-state index contributed by atoms with van der Waals surface area (Å²) in [4.78, 5) is 9.39. The Morgan fingerprint density at radius 1 is 1.47 bits per heavy atom. The predicted octanol–water partition coefficient (Wildman–Crippen LogP) is 2.81. The van der Waals surface area contributed by atoms with Gasteiger partial charge in [-0.3, -0.25) is 4.79 Å². The molecule has 5 heteroatoms. The van der Waals surface area contributed by atoms with E-state index in [2.05, 4.69) is 0 Å². The maximum absolute atomic E-state index is 12.6. The summed E-state index contributed by atoms with van der Waals surface area (Å²) >= 11 is 5.74. The Balaban J connectivity index is 2.29. The number of halogens is 2. The highest BCUT2D eigenvalue weighted by Gasteiger charge is 2.29. The molecule has 1 N–H and O–H groups in total. The fraction of sp³-hybridized carbons (Fsp3) is 0.417. The number of benzene rings is 1. The number of ether oxygens (including phenoxy) is 1. The van der Waals surface area contributed by atoms with Gasteiger partial charge in [-0.15, -0.1) is 11.6 Å². The van der Waals surface area contributed by atoms with Crippen molar-refractivity contribution in [2.24, 2.45) is 0 Å². The van der Waals surface area contributed by atoms with Crippen LogP contribution in [0, 0.1) is 5.82 Å². The van der Waals surface area contributed by atoms with E-state index >= 15 is 0 Å². The summed E-state index contributed by atoms with van der Waals surface area (Å²) < 4.78 is 17.9. The third-order valence-electron chi connectivity index (χ3n) is 2.34. The van der Waals surface area contributed by atoms with E-state index in [4.69, 9.17) is 21.4 Å². The highest BCUT2D eigenvalue weighted by Crippen LogP contribution is 2.19. The zero-order chi connectivity index (χ0) is 12.9. The second-order valence-corrected chi connectivity index (χ2v) is 4.77. The average Bonchev–Trinajstić information content (AvgIpc) is 2.26. The highest BCUT2D eigenvalue weighted by atomic mass is 35.5. The molecule has 0 aliphatic heterocycles. The van der Waals surface area contributed by atoms with Crippen molar-refractivity contribution in [1.82, 2.24) is 0 Å². The molecule has 1 unspecified atom stereocenters. The summed E-state index contributed by atoms with van der Waals surface area (Å²) in [6.45, 7) is 1.98. The van der Waals surface area contributed by atoms with E-state index < -0.39 is 10.8 Å². The predicted molar refractivity (Wildman–Crippen MR) is 62.6 cm³/mol. The molecule has 0 fully saturated rings. The largest absolute Gasteiger partial charge is 0.480 e. The molecule has 0 saturated carbocycles. The fourth-order valence-electron chi connectivity index (χ4n) is 1.14. The van der Waals surface area contributed by atoms with Crippen molar-refractivity contribution in [3.05, 3.63) is 35.6 Å². The number of alkyl halides is 1. The van der Waals surface area contributed by atoms with Gasteiger partial charge in [0.15, 0.2) is 0 Å². The molecule has 0 amide bonds. The summed E-state index contributed by atoms with van der Waals surface area (Å²) in [5.74, 6) is -1.36. The van der Waals surface area contributed by atoms with Gasteiger partial charge in [0.25, 0.3) is 0 Å². The van der Waals surface area contributed by atoms with Gasteiger partial charge in [0.1, 0.15) is 10.7 Å². The molecule has 0 radical (unpaired) electrons. The van der Waals surface area contributed by atoms with E-state index in [1.165, 1.54) is 19.1 Å². The lowest BCUT2D eigenvalue weighted by molar-refractivity contribution is -0.140. The van der Waals surface area contributed by atoms with Gasteiger partial charge in [-0.25, -0.2) is 4.39 Å². The third kappa shape index (κ3) is 4.71. The van der Waals surface area contributed by atoms with Crippen LogP contribution in [0.3, 0.4) is 0 Å². The summed E-state index contributed by atoms with van der Waals surface area (Å²) in [6.07, 6.45) is 0.213. The van der Waals surface area contributed by atoms with Crippen molar-refractivity contribution in [3.63, 3.8) is 0 Å². The van der Waals surface area contributed by atoms with Crippen LogP contribution in [0.5, 0.6) is 0 Å². The molecule has 1 rings (SSSR count). The Hall–Kier alpha value is -1.13. The maximum Gasteiger partial charge on any atom is 0.324 e. The highest BCUT2D eigenvalue weighted by molar-refractivity contribution is 6.33. The number of carboxylic acid groups (broad SMARTS) is 1. The first-order chi connectivity index (χ1) is 7.92. The summed E-state index contributed by atoms with van der Waals surface area (Å²) in [6, 6.07) is 5.93. The minimum Gasteiger partial charge on any atom is -0.480 e. The Labute approximate surface area is 104 Å². The summed E-state index contributed by atoms with van der Waals surface area (Å²) in [5, 5.41) is 8.76. The maximum atomic E-state index is 12.6. The Morgan fingerprint density at radius 2 is 2.06 bits per heavy atom. The van der Waals surface area contributed by atoms with Crippen LogP contribution in [0.1, 0.15) is 18.9 Å². The molecular formula is C12H14ClFO3. The van der Waals surface area contributed by atoms with Crippen LogP contribution in [0.4, 0.5) is 4.39 Å². The van der Waals surface area contributed by atoms with Gasteiger partial charge in [-0.05, 0) is 24.6 Å². The van der Waals surface area contributed by atoms with Crippen LogP contribution in [-0.2, 0) is 16.1 Å². The van der Waals surface area contributed by atoms with Crippen molar-refractivity contribution >= 4 is 17.6 Å². The fourth-order valence-corrected chi connectivity index (χ4v) is 1.22. The lowest BCUT2D eigenvalue weighted by Gasteiger charge is -2.16.